The number of hydrogen-bond donors (Lipinski definition) is 1. The zero-order chi connectivity index (χ0) is 17.6. The van der Waals surface area contributed by atoms with Crippen molar-refractivity contribution in [2.75, 3.05) is 25.4 Å². The molecule has 2 amide bonds. The van der Waals surface area contributed by atoms with Crippen LogP contribution in [0.2, 0.25) is 0 Å². The van der Waals surface area contributed by atoms with Crippen molar-refractivity contribution in [3.05, 3.63) is 6.33 Å². The fourth-order valence-corrected chi connectivity index (χ4v) is 4.51. The lowest BCUT2D eigenvalue weighted by atomic mass is 9.78. The number of likely N-dealkylation sites (tertiary alicyclic amines) is 1. The highest BCUT2D eigenvalue weighted by Gasteiger charge is 2.38. The van der Waals surface area contributed by atoms with Crippen LogP contribution < -0.4 is 5.32 Å². The predicted molar refractivity (Wildman–Crippen MR) is 96.0 cm³/mol. The zero-order valence-corrected chi connectivity index (χ0v) is 15.6. The van der Waals surface area contributed by atoms with Gasteiger partial charge in [0.2, 0.25) is 11.8 Å². The van der Waals surface area contributed by atoms with Crippen LogP contribution in [0.25, 0.3) is 0 Å². The average molecular weight is 366 g/mol. The molecule has 0 aromatic carbocycles. The van der Waals surface area contributed by atoms with Gasteiger partial charge in [-0.3, -0.25) is 9.59 Å². The van der Waals surface area contributed by atoms with Crippen molar-refractivity contribution in [1.29, 1.82) is 0 Å². The number of amides is 2. The first kappa shape index (κ1) is 18.2. The molecule has 2 heterocycles. The minimum absolute atomic E-state index is 0.0378. The van der Waals surface area contributed by atoms with Gasteiger partial charge in [-0.25, -0.2) is 0 Å². The second-order valence-corrected chi connectivity index (χ2v) is 7.96. The molecule has 2 fully saturated rings. The van der Waals surface area contributed by atoms with E-state index in [1.165, 1.54) is 0 Å². The molecule has 1 aromatic rings. The summed E-state index contributed by atoms with van der Waals surface area (Å²) in [6, 6.07) is 0. The van der Waals surface area contributed by atoms with Crippen molar-refractivity contribution in [2.45, 2.75) is 43.7 Å². The van der Waals surface area contributed by atoms with Gasteiger partial charge in [-0.2, -0.15) is 0 Å². The molecule has 1 aromatic heterocycles. The first-order valence-corrected chi connectivity index (χ1v) is 10.2. The van der Waals surface area contributed by atoms with Crippen molar-refractivity contribution in [2.24, 2.45) is 18.9 Å². The van der Waals surface area contributed by atoms with Gasteiger partial charge in [-0.1, -0.05) is 24.6 Å². The van der Waals surface area contributed by atoms with Gasteiger partial charge in [0.15, 0.2) is 5.16 Å². The summed E-state index contributed by atoms with van der Waals surface area (Å²) < 4.78 is 1.86. The maximum absolute atomic E-state index is 12.8. The Labute approximate surface area is 152 Å². The summed E-state index contributed by atoms with van der Waals surface area (Å²) >= 11 is 1.57. The van der Waals surface area contributed by atoms with Gasteiger partial charge in [-0.05, 0) is 25.7 Å². The van der Waals surface area contributed by atoms with Crippen molar-refractivity contribution in [3.8, 4) is 0 Å². The summed E-state index contributed by atoms with van der Waals surface area (Å²) in [5, 5.41) is 11.7. The highest BCUT2D eigenvalue weighted by atomic mass is 32.2. The molecule has 8 heteroatoms. The molecule has 2 aliphatic rings. The average Bonchev–Trinajstić information content (AvgIpc) is 3.30. The van der Waals surface area contributed by atoms with Crippen LogP contribution in [0.4, 0.5) is 0 Å². The molecule has 0 spiro atoms. The topological polar surface area (TPSA) is 80.1 Å². The summed E-state index contributed by atoms with van der Waals surface area (Å²) in [5.74, 6) is 0.692. The zero-order valence-electron chi connectivity index (χ0n) is 14.8. The molecular formula is C17H27N5O2S. The Balaban J connectivity index is 1.48. The quantitative estimate of drug-likeness (QED) is 0.610. The molecule has 1 saturated heterocycles. The maximum atomic E-state index is 12.8. The Morgan fingerprint density at radius 2 is 1.92 bits per heavy atom. The van der Waals surface area contributed by atoms with Crippen molar-refractivity contribution < 1.29 is 9.59 Å². The summed E-state index contributed by atoms with van der Waals surface area (Å²) in [5.41, 5.74) is 0. The smallest absolute Gasteiger partial charge is 0.226 e. The number of rotatable bonds is 6. The number of thioether (sulfide) groups is 1. The fraction of sp³-hybridized carbons (Fsp3) is 0.765. The summed E-state index contributed by atoms with van der Waals surface area (Å²) in [7, 11) is 1.90. The van der Waals surface area contributed by atoms with Gasteiger partial charge < -0.3 is 14.8 Å². The number of nitrogens with one attached hydrogen (secondary N) is 1. The van der Waals surface area contributed by atoms with Crippen LogP contribution in [0.5, 0.6) is 0 Å². The van der Waals surface area contributed by atoms with Crippen LogP contribution in [0, 0.1) is 11.8 Å². The Kier molecular flexibility index (Phi) is 6.34. The van der Waals surface area contributed by atoms with E-state index in [1.807, 2.05) is 16.5 Å². The molecule has 7 nitrogen and oxygen atoms in total. The third-order valence-corrected chi connectivity index (χ3v) is 6.18. The second-order valence-electron chi connectivity index (χ2n) is 6.89. The lowest BCUT2D eigenvalue weighted by Gasteiger charge is -2.32. The molecule has 1 N–H and O–H groups in total. The second kappa shape index (κ2) is 8.69. The van der Waals surface area contributed by atoms with Crippen LogP contribution in [-0.4, -0.2) is 56.9 Å². The van der Waals surface area contributed by atoms with Crippen molar-refractivity contribution >= 4 is 23.6 Å². The van der Waals surface area contributed by atoms with Crippen molar-refractivity contribution in [3.63, 3.8) is 0 Å². The minimum atomic E-state index is -0.165. The van der Waals surface area contributed by atoms with Crippen molar-refractivity contribution in [1.82, 2.24) is 25.0 Å². The first-order valence-electron chi connectivity index (χ1n) is 9.20. The summed E-state index contributed by atoms with van der Waals surface area (Å²) in [6.45, 7) is 2.30. The number of hydrogen-bond acceptors (Lipinski definition) is 5. The Morgan fingerprint density at radius 1 is 1.20 bits per heavy atom. The van der Waals surface area contributed by atoms with Gasteiger partial charge >= 0.3 is 0 Å². The Morgan fingerprint density at radius 3 is 2.60 bits per heavy atom. The van der Waals surface area contributed by atoms with Crippen LogP contribution >= 0.6 is 11.8 Å². The van der Waals surface area contributed by atoms with E-state index in [0.717, 1.165) is 62.5 Å². The molecule has 0 unspecified atom stereocenters. The maximum Gasteiger partial charge on any atom is 0.226 e. The molecule has 1 saturated carbocycles. The fourth-order valence-electron chi connectivity index (χ4n) is 3.76. The largest absolute Gasteiger partial charge is 0.355 e. The minimum Gasteiger partial charge on any atom is -0.355 e. The molecule has 3 rings (SSSR count). The van der Waals surface area contributed by atoms with Gasteiger partial charge in [0.05, 0.1) is 0 Å². The van der Waals surface area contributed by atoms with E-state index in [-0.39, 0.29) is 23.7 Å². The Bertz CT molecular complexity index is 600. The molecule has 1 aliphatic carbocycles. The first-order chi connectivity index (χ1) is 12.2. The highest BCUT2D eigenvalue weighted by molar-refractivity contribution is 7.99. The summed E-state index contributed by atoms with van der Waals surface area (Å²) in [6.07, 6.45) is 7.61. The monoisotopic (exact) mass is 365 g/mol. The number of aromatic nitrogens is 3. The number of carbonyl (C=O) groups excluding carboxylic acids is 2. The van der Waals surface area contributed by atoms with Gasteiger partial charge in [0.25, 0.3) is 0 Å². The van der Waals surface area contributed by atoms with E-state index in [2.05, 4.69) is 15.5 Å². The van der Waals surface area contributed by atoms with Crippen LogP contribution in [0.3, 0.4) is 0 Å². The van der Waals surface area contributed by atoms with Crippen LogP contribution in [-0.2, 0) is 16.6 Å². The molecular weight excluding hydrogens is 338 g/mol. The standard InChI is InChI=1S/C17H27N5O2S/c1-21-12-19-20-17(21)25-11-8-18-15(23)13-6-2-3-7-14(13)16(24)22-9-4-5-10-22/h12-14H,2-11H2,1H3,(H,18,23)/t13-,14+/m1/s1. The Hall–Kier alpha value is -1.57. The van der Waals surface area contributed by atoms with E-state index in [4.69, 9.17) is 0 Å². The molecule has 1 aliphatic heterocycles. The van der Waals surface area contributed by atoms with E-state index >= 15 is 0 Å². The molecule has 25 heavy (non-hydrogen) atoms. The van der Waals surface area contributed by atoms with Crippen LogP contribution in [0.15, 0.2) is 11.5 Å². The van der Waals surface area contributed by atoms with E-state index in [0.29, 0.717) is 6.54 Å². The SMILES string of the molecule is Cn1cnnc1SCCNC(=O)[C@@H]1CCCC[C@@H]1C(=O)N1CCCC1. The van der Waals surface area contributed by atoms with E-state index < -0.39 is 0 Å². The molecule has 2 atom stereocenters. The van der Waals surface area contributed by atoms with E-state index in [9.17, 15) is 9.59 Å². The number of aryl methyl sites for hydroxylation is 1. The van der Waals surface area contributed by atoms with Gasteiger partial charge in [0.1, 0.15) is 6.33 Å². The third kappa shape index (κ3) is 4.54. The molecule has 0 radical (unpaired) electrons. The van der Waals surface area contributed by atoms with E-state index in [1.54, 1.807) is 18.1 Å². The normalized spacial score (nSPS) is 23.6. The summed E-state index contributed by atoms with van der Waals surface area (Å²) in [4.78, 5) is 27.4. The van der Waals surface area contributed by atoms with Gasteiger partial charge in [-0.15, -0.1) is 10.2 Å². The lowest BCUT2D eigenvalue weighted by Crippen LogP contribution is -2.45. The number of nitrogens with zero attached hydrogens (tertiary/aromatic N) is 4. The highest BCUT2D eigenvalue weighted by Crippen LogP contribution is 2.32. The van der Waals surface area contributed by atoms with Gasteiger partial charge in [0, 0.05) is 44.3 Å². The van der Waals surface area contributed by atoms with Crippen LogP contribution in [0.1, 0.15) is 38.5 Å². The number of carbonyl (C=O) groups is 2. The lowest BCUT2D eigenvalue weighted by molar-refractivity contribution is -0.142. The molecule has 0 bridgehead atoms. The molecule has 138 valence electrons. The predicted octanol–water partition coefficient (Wildman–Crippen LogP) is 1.45. The third-order valence-electron chi connectivity index (χ3n) is 5.14.